The number of rotatable bonds is 4. The Kier molecular flexibility index (Phi) is 2.92. The van der Waals surface area contributed by atoms with E-state index in [-0.39, 0.29) is 5.60 Å². The Hall–Kier alpha value is -0.760. The van der Waals surface area contributed by atoms with E-state index in [4.69, 9.17) is 9.47 Å². The van der Waals surface area contributed by atoms with E-state index in [1.54, 1.807) is 0 Å². The van der Waals surface area contributed by atoms with E-state index in [1.807, 2.05) is 6.08 Å². The van der Waals surface area contributed by atoms with Crippen LogP contribution in [-0.2, 0) is 9.47 Å². The Morgan fingerprint density at radius 1 is 1.50 bits per heavy atom. The number of hydrogen-bond acceptors (Lipinski definition) is 2. The maximum Gasteiger partial charge on any atom is 0.125 e. The van der Waals surface area contributed by atoms with Gasteiger partial charge in [-0.25, -0.2) is 0 Å². The summed E-state index contributed by atoms with van der Waals surface area (Å²) in [7, 11) is 0. The fraction of sp³-hybridized carbons (Fsp3) is 0.667. The van der Waals surface area contributed by atoms with Gasteiger partial charge >= 0.3 is 0 Å². The molecular weight excluding hydrogens is 176 g/mol. The van der Waals surface area contributed by atoms with Crippen LogP contribution in [0.1, 0.15) is 32.1 Å². The van der Waals surface area contributed by atoms with Gasteiger partial charge in [0.05, 0.1) is 13.2 Å². The molecular formula is C12H18O2. The number of hydrogen-bond donors (Lipinski definition) is 0. The fourth-order valence-electron chi connectivity index (χ4n) is 2.36. The van der Waals surface area contributed by atoms with Crippen LogP contribution in [0, 0.1) is 0 Å². The van der Waals surface area contributed by atoms with Crippen LogP contribution in [0.15, 0.2) is 24.5 Å². The predicted octanol–water partition coefficient (Wildman–Crippen LogP) is 2.81. The Morgan fingerprint density at radius 3 is 2.86 bits per heavy atom. The van der Waals surface area contributed by atoms with Gasteiger partial charge < -0.3 is 9.47 Å². The zero-order valence-electron chi connectivity index (χ0n) is 8.63. The second-order valence-corrected chi connectivity index (χ2v) is 4.01. The van der Waals surface area contributed by atoms with Crippen molar-refractivity contribution in [1.29, 1.82) is 0 Å². The lowest BCUT2D eigenvalue weighted by molar-refractivity contribution is -0.0338. The van der Waals surface area contributed by atoms with Crippen molar-refractivity contribution in [3.8, 4) is 0 Å². The summed E-state index contributed by atoms with van der Waals surface area (Å²) in [6.45, 7) is 5.15. The largest absolute Gasteiger partial charge is 0.495 e. The van der Waals surface area contributed by atoms with Crippen molar-refractivity contribution in [3.63, 3.8) is 0 Å². The molecule has 2 aliphatic rings. The molecule has 0 aromatic rings. The van der Waals surface area contributed by atoms with Crippen molar-refractivity contribution in [1.82, 2.24) is 0 Å². The summed E-state index contributed by atoms with van der Waals surface area (Å²) >= 11 is 0. The molecule has 1 fully saturated rings. The Balaban J connectivity index is 2.08. The standard InChI is InChI=1S/C12H18O2/c1-2-9-14-12(7-3-4-8-12)11-6-5-10-13-11/h2,6H,1,3-5,7-10H2. The van der Waals surface area contributed by atoms with Crippen LogP contribution in [-0.4, -0.2) is 18.8 Å². The highest BCUT2D eigenvalue weighted by molar-refractivity contribution is 5.16. The lowest BCUT2D eigenvalue weighted by Gasteiger charge is -2.29. The molecule has 0 amide bonds. The summed E-state index contributed by atoms with van der Waals surface area (Å²) in [5, 5.41) is 0. The van der Waals surface area contributed by atoms with Gasteiger partial charge in [-0.15, -0.1) is 6.58 Å². The summed E-state index contributed by atoms with van der Waals surface area (Å²) in [5.74, 6) is 1.08. The Bertz CT molecular complexity index is 237. The fourth-order valence-corrected chi connectivity index (χ4v) is 2.36. The lowest BCUT2D eigenvalue weighted by Crippen LogP contribution is -2.32. The molecule has 0 unspecified atom stereocenters. The maximum atomic E-state index is 5.91. The highest BCUT2D eigenvalue weighted by Gasteiger charge is 2.40. The molecule has 2 heteroatoms. The zero-order chi connectivity index (χ0) is 9.86. The molecule has 0 saturated heterocycles. The molecule has 78 valence electrons. The van der Waals surface area contributed by atoms with E-state index in [1.165, 1.54) is 12.8 Å². The molecule has 1 heterocycles. The quantitative estimate of drug-likeness (QED) is 0.641. The molecule has 14 heavy (non-hydrogen) atoms. The lowest BCUT2D eigenvalue weighted by atomic mass is 9.99. The normalized spacial score (nSPS) is 24.4. The first-order valence-electron chi connectivity index (χ1n) is 5.46. The van der Waals surface area contributed by atoms with Crippen LogP contribution >= 0.6 is 0 Å². The van der Waals surface area contributed by atoms with Crippen LogP contribution < -0.4 is 0 Å². The van der Waals surface area contributed by atoms with Crippen molar-refractivity contribution < 1.29 is 9.47 Å². The van der Waals surface area contributed by atoms with E-state index in [0.29, 0.717) is 6.61 Å². The first-order valence-corrected chi connectivity index (χ1v) is 5.46. The Morgan fingerprint density at radius 2 is 2.29 bits per heavy atom. The van der Waals surface area contributed by atoms with Crippen LogP contribution in [0.2, 0.25) is 0 Å². The third kappa shape index (κ3) is 1.71. The van der Waals surface area contributed by atoms with E-state index in [0.717, 1.165) is 31.6 Å². The molecule has 0 aromatic carbocycles. The van der Waals surface area contributed by atoms with Crippen LogP contribution in [0.5, 0.6) is 0 Å². The minimum absolute atomic E-state index is 0.106. The number of ether oxygens (including phenoxy) is 2. The van der Waals surface area contributed by atoms with E-state index in [2.05, 4.69) is 12.7 Å². The minimum atomic E-state index is -0.106. The average molecular weight is 194 g/mol. The molecule has 1 aliphatic carbocycles. The summed E-state index contributed by atoms with van der Waals surface area (Å²) < 4.78 is 11.6. The molecule has 0 bridgehead atoms. The van der Waals surface area contributed by atoms with E-state index < -0.39 is 0 Å². The minimum Gasteiger partial charge on any atom is -0.495 e. The van der Waals surface area contributed by atoms with Gasteiger partial charge in [-0.3, -0.25) is 0 Å². The van der Waals surface area contributed by atoms with Crippen molar-refractivity contribution >= 4 is 0 Å². The van der Waals surface area contributed by atoms with Crippen molar-refractivity contribution in [2.75, 3.05) is 13.2 Å². The molecule has 1 aliphatic heterocycles. The summed E-state index contributed by atoms with van der Waals surface area (Å²) in [5.41, 5.74) is -0.106. The summed E-state index contributed by atoms with van der Waals surface area (Å²) in [6, 6.07) is 0. The highest BCUT2D eigenvalue weighted by Crippen LogP contribution is 2.41. The second-order valence-electron chi connectivity index (χ2n) is 4.01. The molecule has 0 N–H and O–H groups in total. The molecule has 1 saturated carbocycles. The summed E-state index contributed by atoms with van der Waals surface area (Å²) in [4.78, 5) is 0. The van der Waals surface area contributed by atoms with Crippen LogP contribution in [0.3, 0.4) is 0 Å². The van der Waals surface area contributed by atoms with Gasteiger partial charge in [0, 0.05) is 6.42 Å². The average Bonchev–Trinajstić information content (AvgIpc) is 2.86. The SMILES string of the molecule is C=CCOC1(C2=CCCO2)CCCC1. The van der Waals surface area contributed by atoms with Crippen molar-refractivity contribution in [2.24, 2.45) is 0 Å². The first kappa shape index (κ1) is 9.78. The summed E-state index contributed by atoms with van der Waals surface area (Å²) in [6.07, 6.45) is 9.74. The Labute approximate surface area is 85.6 Å². The zero-order valence-corrected chi connectivity index (χ0v) is 8.63. The van der Waals surface area contributed by atoms with Crippen LogP contribution in [0.25, 0.3) is 0 Å². The monoisotopic (exact) mass is 194 g/mol. The van der Waals surface area contributed by atoms with Gasteiger partial charge in [0.15, 0.2) is 0 Å². The van der Waals surface area contributed by atoms with Crippen molar-refractivity contribution in [2.45, 2.75) is 37.7 Å². The predicted molar refractivity (Wildman–Crippen MR) is 56.0 cm³/mol. The molecule has 0 aromatic heterocycles. The highest BCUT2D eigenvalue weighted by atomic mass is 16.5. The molecule has 0 radical (unpaired) electrons. The van der Waals surface area contributed by atoms with Crippen molar-refractivity contribution in [3.05, 3.63) is 24.5 Å². The van der Waals surface area contributed by atoms with E-state index >= 15 is 0 Å². The molecule has 0 spiro atoms. The smallest absolute Gasteiger partial charge is 0.125 e. The third-order valence-corrected chi connectivity index (χ3v) is 3.04. The second kappa shape index (κ2) is 4.18. The molecule has 2 nitrogen and oxygen atoms in total. The third-order valence-electron chi connectivity index (χ3n) is 3.04. The van der Waals surface area contributed by atoms with Gasteiger partial charge in [0.1, 0.15) is 11.4 Å². The van der Waals surface area contributed by atoms with Gasteiger partial charge in [-0.05, 0) is 31.8 Å². The van der Waals surface area contributed by atoms with E-state index in [9.17, 15) is 0 Å². The topological polar surface area (TPSA) is 18.5 Å². The van der Waals surface area contributed by atoms with Crippen LogP contribution in [0.4, 0.5) is 0 Å². The van der Waals surface area contributed by atoms with Gasteiger partial charge in [0.25, 0.3) is 0 Å². The maximum absolute atomic E-state index is 5.91. The molecule has 2 rings (SSSR count). The van der Waals surface area contributed by atoms with Gasteiger partial charge in [-0.1, -0.05) is 6.08 Å². The van der Waals surface area contributed by atoms with Gasteiger partial charge in [0.2, 0.25) is 0 Å². The molecule has 0 atom stereocenters. The first-order chi connectivity index (χ1) is 6.87. The van der Waals surface area contributed by atoms with Gasteiger partial charge in [-0.2, -0.15) is 0 Å².